The van der Waals surface area contributed by atoms with E-state index in [-0.39, 0.29) is 5.91 Å². The lowest BCUT2D eigenvalue weighted by atomic mass is 10.2. The molecule has 0 spiro atoms. The van der Waals surface area contributed by atoms with E-state index in [0.717, 1.165) is 5.69 Å². The van der Waals surface area contributed by atoms with Gasteiger partial charge in [0.15, 0.2) is 0 Å². The van der Waals surface area contributed by atoms with Gasteiger partial charge in [-0.05, 0) is 18.7 Å². The molecule has 0 bridgehead atoms. The second kappa shape index (κ2) is 4.72. The molecule has 1 heterocycles. The van der Waals surface area contributed by atoms with E-state index in [1.54, 1.807) is 18.3 Å². The number of hydrogen-bond acceptors (Lipinski definition) is 3. The topological polar surface area (TPSA) is 60.9 Å². The van der Waals surface area contributed by atoms with Crippen molar-refractivity contribution >= 4 is 5.91 Å². The molecule has 0 aliphatic rings. The zero-order valence-electron chi connectivity index (χ0n) is 8.84. The van der Waals surface area contributed by atoms with Crippen molar-refractivity contribution in [1.29, 1.82) is 0 Å². The summed E-state index contributed by atoms with van der Waals surface area (Å²) in [6, 6.07) is 9.12. The lowest BCUT2D eigenvalue weighted by Crippen LogP contribution is -2.09. The summed E-state index contributed by atoms with van der Waals surface area (Å²) in [5.74, 6) is -0.0728. The van der Waals surface area contributed by atoms with Crippen LogP contribution in [0.25, 0.3) is 0 Å². The number of nitrogens with two attached hydrogens (primary N) is 1. The fraction of sp³-hybridized carbons (Fsp3) is 0.167. The van der Waals surface area contributed by atoms with E-state index in [1.807, 2.05) is 18.2 Å². The molecular weight excluding hydrogens is 202 g/mol. The summed E-state index contributed by atoms with van der Waals surface area (Å²) >= 11 is 0. The largest absolute Gasteiger partial charge is 0.330 e. The molecule has 0 unspecified atom stereocenters. The van der Waals surface area contributed by atoms with Crippen LogP contribution in [0.15, 0.2) is 42.9 Å². The van der Waals surface area contributed by atoms with Crippen LogP contribution < -0.4 is 5.73 Å². The van der Waals surface area contributed by atoms with Crippen molar-refractivity contribution in [2.45, 2.75) is 6.42 Å². The molecule has 0 saturated carbocycles. The Kier molecular flexibility index (Phi) is 3.12. The SMILES string of the molecule is NCCc1cn(C(=O)c2ccccc2)cn1. The Hall–Kier alpha value is -1.94. The number of nitrogens with zero attached hydrogens (tertiary/aromatic N) is 2. The van der Waals surface area contributed by atoms with Crippen LogP contribution in [-0.2, 0) is 6.42 Å². The molecular formula is C12H13N3O. The third-order valence-electron chi connectivity index (χ3n) is 2.29. The molecule has 2 N–H and O–H groups in total. The monoisotopic (exact) mass is 215 g/mol. The van der Waals surface area contributed by atoms with Gasteiger partial charge < -0.3 is 5.73 Å². The Morgan fingerprint density at radius 3 is 2.75 bits per heavy atom. The minimum absolute atomic E-state index is 0.0728. The summed E-state index contributed by atoms with van der Waals surface area (Å²) in [5, 5.41) is 0. The first kappa shape index (κ1) is 10.6. The zero-order chi connectivity index (χ0) is 11.4. The smallest absolute Gasteiger partial charge is 0.263 e. The van der Waals surface area contributed by atoms with E-state index in [1.165, 1.54) is 10.9 Å². The number of hydrogen-bond donors (Lipinski definition) is 1. The molecule has 2 aromatic rings. The summed E-state index contributed by atoms with van der Waals surface area (Å²) in [6.07, 6.45) is 3.94. The van der Waals surface area contributed by atoms with Gasteiger partial charge in [0.25, 0.3) is 5.91 Å². The molecule has 0 saturated heterocycles. The van der Waals surface area contributed by atoms with Crippen LogP contribution in [0.3, 0.4) is 0 Å². The van der Waals surface area contributed by atoms with E-state index in [9.17, 15) is 4.79 Å². The third-order valence-corrected chi connectivity index (χ3v) is 2.29. The van der Waals surface area contributed by atoms with Crippen molar-refractivity contribution in [3.8, 4) is 0 Å². The van der Waals surface area contributed by atoms with Gasteiger partial charge in [0.05, 0.1) is 5.69 Å². The maximum Gasteiger partial charge on any atom is 0.263 e. The molecule has 0 aliphatic carbocycles. The average Bonchev–Trinajstić information content (AvgIpc) is 2.78. The number of benzene rings is 1. The fourth-order valence-electron chi connectivity index (χ4n) is 1.48. The summed E-state index contributed by atoms with van der Waals surface area (Å²) in [4.78, 5) is 16.1. The van der Waals surface area contributed by atoms with Crippen molar-refractivity contribution in [1.82, 2.24) is 9.55 Å². The second-order valence-electron chi connectivity index (χ2n) is 3.48. The van der Waals surface area contributed by atoms with Gasteiger partial charge in [-0.3, -0.25) is 9.36 Å². The number of aromatic nitrogens is 2. The Bertz CT molecular complexity index is 476. The zero-order valence-corrected chi connectivity index (χ0v) is 8.84. The standard InChI is InChI=1S/C12H13N3O/c13-7-6-11-8-15(9-14-11)12(16)10-4-2-1-3-5-10/h1-5,8-9H,6-7,13H2. The van der Waals surface area contributed by atoms with Crippen LogP contribution in [-0.4, -0.2) is 22.0 Å². The van der Waals surface area contributed by atoms with Crippen LogP contribution >= 0.6 is 0 Å². The maximum atomic E-state index is 12.0. The molecule has 0 radical (unpaired) electrons. The molecule has 82 valence electrons. The minimum atomic E-state index is -0.0728. The summed E-state index contributed by atoms with van der Waals surface area (Å²) in [5.41, 5.74) is 6.91. The molecule has 1 aromatic heterocycles. The van der Waals surface area contributed by atoms with Gasteiger partial charge in [0.1, 0.15) is 6.33 Å². The first-order chi connectivity index (χ1) is 7.81. The molecule has 0 aliphatic heterocycles. The van der Waals surface area contributed by atoms with Crippen LogP contribution in [0.1, 0.15) is 16.1 Å². The van der Waals surface area contributed by atoms with E-state index < -0.39 is 0 Å². The van der Waals surface area contributed by atoms with E-state index >= 15 is 0 Å². The number of imidazole rings is 1. The average molecular weight is 215 g/mol. The lowest BCUT2D eigenvalue weighted by molar-refractivity contribution is 0.0959. The summed E-state index contributed by atoms with van der Waals surface area (Å²) in [6.45, 7) is 0.538. The van der Waals surface area contributed by atoms with Crippen LogP contribution in [0.4, 0.5) is 0 Å². The Labute approximate surface area is 93.7 Å². The third kappa shape index (κ3) is 2.17. The Morgan fingerprint density at radius 2 is 2.06 bits per heavy atom. The van der Waals surface area contributed by atoms with Gasteiger partial charge in [-0.15, -0.1) is 0 Å². The Morgan fingerprint density at radius 1 is 1.31 bits per heavy atom. The van der Waals surface area contributed by atoms with Gasteiger partial charge in [-0.25, -0.2) is 4.98 Å². The molecule has 2 rings (SSSR count). The number of carbonyl (C=O) groups is 1. The summed E-state index contributed by atoms with van der Waals surface area (Å²) < 4.78 is 1.49. The quantitative estimate of drug-likeness (QED) is 0.833. The van der Waals surface area contributed by atoms with Gasteiger partial charge >= 0.3 is 0 Å². The number of carbonyl (C=O) groups excluding carboxylic acids is 1. The first-order valence-corrected chi connectivity index (χ1v) is 5.14. The molecule has 4 nitrogen and oxygen atoms in total. The second-order valence-corrected chi connectivity index (χ2v) is 3.48. The van der Waals surface area contributed by atoms with Crippen molar-refractivity contribution in [3.63, 3.8) is 0 Å². The lowest BCUT2D eigenvalue weighted by Gasteiger charge is -1.99. The van der Waals surface area contributed by atoms with Crippen molar-refractivity contribution in [2.24, 2.45) is 5.73 Å². The van der Waals surface area contributed by atoms with Gasteiger partial charge in [-0.1, -0.05) is 18.2 Å². The highest BCUT2D eigenvalue weighted by molar-refractivity contribution is 5.95. The van der Waals surface area contributed by atoms with Crippen LogP contribution in [0.5, 0.6) is 0 Å². The van der Waals surface area contributed by atoms with Crippen LogP contribution in [0, 0.1) is 0 Å². The van der Waals surface area contributed by atoms with Crippen molar-refractivity contribution in [3.05, 3.63) is 54.1 Å². The highest BCUT2D eigenvalue weighted by atomic mass is 16.2. The normalized spacial score (nSPS) is 10.3. The highest BCUT2D eigenvalue weighted by Gasteiger charge is 2.08. The highest BCUT2D eigenvalue weighted by Crippen LogP contribution is 2.04. The molecule has 0 amide bonds. The summed E-state index contributed by atoms with van der Waals surface area (Å²) in [7, 11) is 0. The van der Waals surface area contributed by atoms with E-state index in [0.29, 0.717) is 18.5 Å². The molecule has 1 aromatic carbocycles. The van der Waals surface area contributed by atoms with E-state index in [4.69, 9.17) is 5.73 Å². The van der Waals surface area contributed by atoms with Crippen LogP contribution in [0.2, 0.25) is 0 Å². The first-order valence-electron chi connectivity index (χ1n) is 5.14. The number of rotatable bonds is 3. The molecule has 0 fully saturated rings. The molecule has 0 atom stereocenters. The van der Waals surface area contributed by atoms with Crippen molar-refractivity contribution < 1.29 is 4.79 Å². The molecule has 16 heavy (non-hydrogen) atoms. The molecule has 4 heteroatoms. The predicted molar refractivity (Wildman–Crippen MR) is 61.2 cm³/mol. The minimum Gasteiger partial charge on any atom is -0.330 e. The maximum absolute atomic E-state index is 12.0. The van der Waals surface area contributed by atoms with Gasteiger partial charge in [0.2, 0.25) is 0 Å². The van der Waals surface area contributed by atoms with Gasteiger partial charge in [-0.2, -0.15) is 0 Å². The van der Waals surface area contributed by atoms with Gasteiger partial charge in [0, 0.05) is 18.2 Å². The predicted octanol–water partition coefficient (Wildman–Crippen LogP) is 1.07. The van der Waals surface area contributed by atoms with E-state index in [2.05, 4.69) is 4.98 Å². The van der Waals surface area contributed by atoms with Crippen molar-refractivity contribution in [2.75, 3.05) is 6.54 Å². The fourth-order valence-corrected chi connectivity index (χ4v) is 1.48. The Balaban J connectivity index is 2.21.